The number of carbonyl (C=O) groups is 1. The van der Waals surface area contributed by atoms with E-state index in [2.05, 4.69) is 0 Å². The summed E-state index contributed by atoms with van der Waals surface area (Å²) >= 11 is 0. The molecule has 1 amide bonds. The number of nitrogens with two attached hydrogens (primary N) is 1. The molecule has 2 atom stereocenters. The van der Waals surface area contributed by atoms with Crippen molar-refractivity contribution in [2.75, 3.05) is 0 Å². The molecule has 0 radical (unpaired) electrons. The summed E-state index contributed by atoms with van der Waals surface area (Å²) in [5.41, 5.74) is 9.19. The predicted octanol–water partition coefficient (Wildman–Crippen LogP) is 4.73. The minimum absolute atomic E-state index is 0.0995. The molecule has 2 N–H and O–H groups in total. The fourth-order valence-corrected chi connectivity index (χ4v) is 10.9. The summed E-state index contributed by atoms with van der Waals surface area (Å²) in [5, 5.41) is 0. The molecule has 1 fully saturated rings. The summed E-state index contributed by atoms with van der Waals surface area (Å²) in [6.45, 7) is -0.954. The molecule has 3 heterocycles. The van der Waals surface area contributed by atoms with Gasteiger partial charge in [-0.3, -0.25) is 4.79 Å². The van der Waals surface area contributed by atoms with E-state index in [9.17, 15) is 19.5 Å². The maximum absolute atomic E-state index is 14.5. The zero-order chi connectivity index (χ0) is 38.8. The summed E-state index contributed by atoms with van der Waals surface area (Å²) in [6.07, 6.45) is -5.60. The Bertz CT molecular complexity index is 1850. The molecular formula is C38H40NO14P3. The Hall–Kier alpha value is -2.88. The van der Waals surface area contributed by atoms with Gasteiger partial charge in [-0.2, -0.15) is 40.7 Å². The molecule has 15 nitrogen and oxygen atoms in total. The average molecular weight is 828 g/mol. The van der Waals surface area contributed by atoms with Crippen molar-refractivity contribution in [2.45, 2.75) is 83.0 Å². The van der Waals surface area contributed by atoms with Crippen LogP contribution in [0.5, 0.6) is 0 Å². The third-order valence-corrected chi connectivity index (χ3v) is 14.2. The normalized spacial score (nSPS) is 26.7. The van der Waals surface area contributed by atoms with Crippen LogP contribution in [-0.2, 0) is 96.5 Å². The maximum Gasteiger partial charge on any atom is 0.380 e. The number of amides is 1. The number of carbonyl (C=O) groups excluding carboxylic acids is 1. The molecular weight excluding hydrogens is 787 g/mol. The van der Waals surface area contributed by atoms with Gasteiger partial charge in [0.25, 0.3) is 0 Å². The standard InChI is InChI=1S/C38H40NO14P3/c39-37(40)38(44-20-27-10-2-1-3-11-27)18-34(51-54(41)45-21-28-12-4-5-13-29(28)22-46-54)36(53-56(43)49-25-32-16-8-9-17-33(32)26-50-56)35(19-38)52-55(42)47-23-30-14-6-7-15-31(30)24-48-55/h1-17,34-36H,18-26H2,(H2,39,40)/t34-,35-,36?,38?/m1/s1. The molecule has 0 bridgehead atoms. The average Bonchev–Trinajstić information content (AvgIpc) is 3.57. The van der Waals surface area contributed by atoms with Crippen LogP contribution in [-0.4, -0.2) is 29.8 Å². The van der Waals surface area contributed by atoms with Crippen LogP contribution in [0.1, 0.15) is 51.8 Å². The van der Waals surface area contributed by atoms with Crippen LogP contribution in [0.15, 0.2) is 103 Å². The number of phosphoric ester groups is 3. The van der Waals surface area contributed by atoms with Crippen molar-refractivity contribution < 1.29 is 64.9 Å². The van der Waals surface area contributed by atoms with Crippen molar-refractivity contribution in [1.82, 2.24) is 0 Å². The second-order valence-corrected chi connectivity index (χ2v) is 18.6. The first kappa shape index (κ1) is 39.9. The fraction of sp³-hybridized carbons (Fsp3) is 0.342. The molecule has 0 saturated heterocycles. The molecule has 0 aromatic heterocycles. The molecule has 1 saturated carbocycles. The maximum atomic E-state index is 14.5. The van der Waals surface area contributed by atoms with Crippen molar-refractivity contribution in [3.05, 3.63) is 142 Å². The van der Waals surface area contributed by atoms with E-state index >= 15 is 0 Å². The van der Waals surface area contributed by atoms with Gasteiger partial charge in [0, 0.05) is 12.8 Å². The molecule has 4 aliphatic rings. The van der Waals surface area contributed by atoms with E-state index in [1.165, 1.54) is 0 Å². The molecule has 8 rings (SSSR count). The Morgan fingerprint density at radius 1 is 0.554 bits per heavy atom. The van der Waals surface area contributed by atoms with Gasteiger partial charge < -0.3 is 25.2 Å². The van der Waals surface area contributed by atoms with E-state index in [1.54, 1.807) is 97.1 Å². The minimum atomic E-state index is -4.53. The Morgan fingerprint density at radius 3 is 1.21 bits per heavy atom. The Balaban J connectivity index is 1.16. The van der Waals surface area contributed by atoms with Crippen LogP contribution in [0, 0.1) is 0 Å². The predicted molar refractivity (Wildman–Crippen MR) is 196 cm³/mol. The quantitative estimate of drug-likeness (QED) is 0.215. The highest BCUT2D eigenvalue weighted by atomic mass is 31.2. The first-order chi connectivity index (χ1) is 27.0. The Labute approximate surface area is 325 Å². The fourth-order valence-electron chi connectivity index (χ4n) is 6.91. The van der Waals surface area contributed by atoms with Gasteiger partial charge in [0.2, 0.25) is 5.91 Å². The van der Waals surface area contributed by atoms with Gasteiger partial charge in [-0.1, -0.05) is 103 Å². The summed E-state index contributed by atoms with van der Waals surface area (Å²) in [7, 11) is -13.6. The van der Waals surface area contributed by atoms with Crippen LogP contribution in [0.2, 0.25) is 0 Å². The van der Waals surface area contributed by atoms with Crippen molar-refractivity contribution in [2.24, 2.45) is 5.73 Å². The minimum Gasteiger partial charge on any atom is -0.606 e. The van der Waals surface area contributed by atoms with E-state index < -0.39 is 67.2 Å². The van der Waals surface area contributed by atoms with Crippen molar-refractivity contribution >= 4 is 30.4 Å². The number of fused-ring (bicyclic) bond motifs is 3. The van der Waals surface area contributed by atoms with E-state index in [0.717, 1.165) is 22.3 Å². The molecule has 18 heteroatoms. The lowest BCUT2D eigenvalue weighted by Gasteiger charge is -2.46. The lowest BCUT2D eigenvalue weighted by atomic mass is 9.79. The van der Waals surface area contributed by atoms with Gasteiger partial charge >= 0.3 is 24.5 Å². The van der Waals surface area contributed by atoms with E-state index in [-0.39, 0.29) is 46.2 Å². The third-order valence-electron chi connectivity index (χ3n) is 10.0. The lowest BCUT2D eigenvalue weighted by Crippen LogP contribution is -2.61. The molecule has 0 spiro atoms. The topological polar surface area (TPSA) is 205 Å². The second-order valence-electron chi connectivity index (χ2n) is 13.7. The van der Waals surface area contributed by atoms with Crippen LogP contribution in [0.4, 0.5) is 0 Å². The molecule has 56 heavy (non-hydrogen) atoms. The second kappa shape index (κ2) is 16.8. The highest BCUT2D eigenvalue weighted by Crippen LogP contribution is 2.65. The Kier molecular flexibility index (Phi) is 12.0. The van der Waals surface area contributed by atoms with Crippen LogP contribution in [0.3, 0.4) is 0 Å². The van der Waals surface area contributed by atoms with Gasteiger partial charge in [0.05, 0.1) is 6.61 Å². The number of rotatable bonds is 10. The van der Waals surface area contributed by atoms with Crippen LogP contribution < -0.4 is 20.4 Å². The molecule has 3 aliphatic heterocycles. The molecule has 4 aromatic carbocycles. The first-order valence-corrected chi connectivity index (χ1v) is 22.3. The molecule has 296 valence electrons. The van der Waals surface area contributed by atoms with Crippen molar-refractivity contribution in [3.8, 4) is 0 Å². The number of primary amides is 1. The molecule has 1 aliphatic carbocycles. The van der Waals surface area contributed by atoms with Crippen molar-refractivity contribution in [3.63, 3.8) is 0 Å². The van der Waals surface area contributed by atoms with Gasteiger partial charge in [0.15, 0.2) is 11.7 Å². The lowest BCUT2D eigenvalue weighted by molar-refractivity contribution is -0.289. The van der Waals surface area contributed by atoms with E-state index in [4.69, 9.17) is 51.2 Å². The summed E-state index contributed by atoms with van der Waals surface area (Å²) in [5.74, 6) is -0.945. The number of hydrogen-bond acceptors (Lipinski definition) is 14. The largest absolute Gasteiger partial charge is 0.606 e. The summed E-state index contributed by atoms with van der Waals surface area (Å²) in [6, 6.07) is 30.6. The number of ether oxygens (including phenoxy) is 1. The van der Waals surface area contributed by atoms with E-state index in [1.807, 2.05) is 6.07 Å². The molecule has 0 unspecified atom stereocenters. The smallest absolute Gasteiger partial charge is 0.380 e. The van der Waals surface area contributed by atoms with Gasteiger partial charge in [-0.05, 0) is 38.9 Å². The molecule has 4 aromatic rings. The van der Waals surface area contributed by atoms with Gasteiger partial charge in [0.1, 0.15) is 51.8 Å². The van der Waals surface area contributed by atoms with Crippen molar-refractivity contribution in [1.29, 1.82) is 0 Å². The summed E-state index contributed by atoms with van der Waals surface area (Å²) < 4.78 is 59.7. The highest BCUT2D eigenvalue weighted by Gasteiger charge is 2.62. The monoisotopic (exact) mass is 827 g/mol. The zero-order valence-electron chi connectivity index (χ0n) is 30.0. The van der Waals surface area contributed by atoms with E-state index in [0.29, 0.717) is 16.7 Å². The first-order valence-electron chi connectivity index (χ1n) is 17.9. The van der Waals surface area contributed by atoms with Gasteiger partial charge in [-0.15, -0.1) is 0 Å². The number of hydrogen-bond donors (Lipinski definition) is 1. The summed E-state index contributed by atoms with van der Waals surface area (Å²) in [4.78, 5) is 57.0. The van der Waals surface area contributed by atoms with Crippen LogP contribution >= 0.6 is 24.5 Å². The third kappa shape index (κ3) is 9.05. The number of benzene rings is 4. The Morgan fingerprint density at radius 2 is 0.875 bits per heavy atom. The highest BCUT2D eigenvalue weighted by molar-refractivity contribution is 7.54. The zero-order valence-corrected chi connectivity index (χ0v) is 32.7. The van der Waals surface area contributed by atoms with Crippen LogP contribution in [0.25, 0.3) is 0 Å². The SMILES string of the molecule is NC(=O)C1(OCc2ccccc2)C[C@@H](O[P+]2([O-])OCc3ccccc3CO2)C(O[P+]2([O-])OCc3ccccc3CO2)[C@H](O[P+]2([O-])OCc3ccccc3CO2)C1. The number of phosphoric acid groups is 3. The van der Waals surface area contributed by atoms with Gasteiger partial charge in [-0.25, -0.2) is 0 Å².